The SMILES string of the molecule is CNC(=O)CC(=O)[C@@H]1C[C@@H](OS(C)(=O)=O)CN1. The van der Waals surface area contributed by atoms with Crippen molar-refractivity contribution in [1.82, 2.24) is 10.6 Å². The molecule has 1 rings (SSSR count). The Morgan fingerprint density at radius 1 is 1.47 bits per heavy atom. The van der Waals surface area contributed by atoms with Gasteiger partial charge in [0.15, 0.2) is 5.78 Å². The van der Waals surface area contributed by atoms with Crippen molar-refractivity contribution in [2.24, 2.45) is 0 Å². The van der Waals surface area contributed by atoms with Crippen molar-refractivity contribution in [3.63, 3.8) is 0 Å². The Morgan fingerprint density at radius 3 is 2.65 bits per heavy atom. The summed E-state index contributed by atoms with van der Waals surface area (Å²) in [6, 6.07) is -0.515. The van der Waals surface area contributed by atoms with E-state index in [2.05, 4.69) is 10.6 Å². The summed E-state index contributed by atoms with van der Waals surface area (Å²) in [5.74, 6) is -0.617. The van der Waals surface area contributed by atoms with Crippen molar-refractivity contribution >= 4 is 21.8 Å². The fourth-order valence-corrected chi connectivity index (χ4v) is 2.28. The standard InChI is InChI=1S/C9H16N2O5S/c1-10-9(13)4-8(12)7-3-6(5-11-7)16-17(2,14)15/h6-7,11H,3-5H2,1-2H3,(H,10,13)/t6-,7+/m1/s1. The zero-order valence-electron chi connectivity index (χ0n) is 9.73. The number of carbonyl (C=O) groups excluding carboxylic acids is 2. The van der Waals surface area contributed by atoms with Crippen molar-refractivity contribution in [2.75, 3.05) is 19.8 Å². The summed E-state index contributed by atoms with van der Waals surface area (Å²) in [4.78, 5) is 22.6. The van der Waals surface area contributed by atoms with Crippen LogP contribution in [-0.4, -0.2) is 52.1 Å². The summed E-state index contributed by atoms with van der Waals surface area (Å²) >= 11 is 0. The zero-order chi connectivity index (χ0) is 13.1. The molecule has 0 aromatic rings. The fraction of sp³-hybridized carbons (Fsp3) is 0.778. The zero-order valence-corrected chi connectivity index (χ0v) is 10.5. The summed E-state index contributed by atoms with van der Waals surface area (Å²) < 4.78 is 26.5. The minimum atomic E-state index is -3.51. The van der Waals surface area contributed by atoms with E-state index in [1.807, 2.05) is 0 Å². The Bertz CT molecular complexity index is 406. The van der Waals surface area contributed by atoms with E-state index in [9.17, 15) is 18.0 Å². The number of hydrogen-bond donors (Lipinski definition) is 2. The molecule has 0 aliphatic carbocycles. The van der Waals surface area contributed by atoms with E-state index in [0.717, 1.165) is 6.26 Å². The first kappa shape index (κ1) is 14.1. The average Bonchev–Trinajstić information content (AvgIpc) is 2.63. The lowest BCUT2D eigenvalue weighted by atomic mass is 10.1. The van der Waals surface area contributed by atoms with E-state index in [4.69, 9.17) is 4.18 Å². The number of carbonyl (C=O) groups is 2. The molecular weight excluding hydrogens is 248 g/mol. The van der Waals surface area contributed by atoms with Gasteiger partial charge in [-0.25, -0.2) is 0 Å². The lowest BCUT2D eigenvalue weighted by molar-refractivity contribution is -0.128. The third-order valence-electron chi connectivity index (χ3n) is 2.40. The predicted molar refractivity (Wildman–Crippen MR) is 59.8 cm³/mol. The number of ketones is 1. The van der Waals surface area contributed by atoms with Crippen LogP contribution in [0.3, 0.4) is 0 Å². The van der Waals surface area contributed by atoms with Gasteiger partial charge in [0.2, 0.25) is 5.91 Å². The average molecular weight is 264 g/mol. The van der Waals surface area contributed by atoms with Crippen LogP contribution in [0.1, 0.15) is 12.8 Å². The van der Waals surface area contributed by atoms with Gasteiger partial charge in [-0.2, -0.15) is 8.42 Å². The molecule has 1 saturated heterocycles. The predicted octanol–water partition coefficient (Wildman–Crippen LogP) is -1.60. The molecule has 1 fully saturated rings. The van der Waals surface area contributed by atoms with Gasteiger partial charge >= 0.3 is 0 Å². The van der Waals surface area contributed by atoms with Crippen LogP contribution in [0.5, 0.6) is 0 Å². The largest absolute Gasteiger partial charge is 0.359 e. The molecule has 0 unspecified atom stereocenters. The van der Waals surface area contributed by atoms with Gasteiger partial charge in [0.25, 0.3) is 10.1 Å². The number of hydrogen-bond acceptors (Lipinski definition) is 6. The van der Waals surface area contributed by atoms with E-state index in [-0.39, 0.29) is 31.1 Å². The molecule has 17 heavy (non-hydrogen) atoms. The molecule has 98 valence electrons. The quantitative estimate of drug-likeness (QED) is 0.458. The third-order valence-corrected chi connectivity index (χ3v) is 3.03. The Kier molecular flexibility index (Phi) is 4.61. The van der Waals surface area contributed by atoms with Crippen LogP contribution in [-0.2, 0) is 23.9 Å². The molecule has 1 amide bonds. The van der Waals surface area contributed by atoms with Crippen molar-refractivity contribution in [2.45, 2.75) is 25.0 Å². The van der Waals surface area contributed by atoms with Gasteiger partial charge in [-0.15, -0.1) is 0 Å². The highest BCUT2D eigenvalue weighted by Crippen LogP contribution is 2.14. The lowest BCUT2D eigenvalue weighted by Gasteiger charge is -2.09. The van der Waals surface area contributed by atoms with Crippen LogP contribution in [0.15, 0.2) is 0 Å². The normalized spacial score (nSPS) is 24.6. The maximum atomic E-state index is 11.6. The number of rotatable bonds is 5. The molecule has 0 bridgehead atoms. The van der Waals surface area contributed by atoms with Gasteiger partial charge < -0.3 is 10.6 Å². The van der Waals surface area contributed by atoms with Gasteiger partial charge in [0.1, 0.15) is 0 Å². The molecule has 0 aromatic carbocycles. The summed E-state index contributed by atoms with van der Waals surface area (Å²) in [7, 11) is -2.06. The van der Waals surface area contributed by atoms with E-state index in [0.29, 0.717) is 0 Å². The van der Waals surface area contributed by atoms with Gasteiger partial charge in [-0.3, -0.25) is 13.8 Å². The van der Waals surface area contributed by atoms with E-state index in [1.54, 1.807) is 0 Å². The second-order valence-electron chi connectivity index (χ2n) is 3.94. The molecule has 1 heterocycles. The molecule has 7 nitrogen and oxygen atoms in total. The first-order valence-electron chi connectivity index (χ1n) is 5.16. The molecule has 8 heteroatoms. The minimum absolute atomic E-state index is 0.209. The van der Waals surface area contributed by atoms with Crippen molar-refractivity contribution in [3.8, 4) is 0 Å². The minimum Gasteiger partial charge on any atom is -0.359 e. The Balaban J connectivity index is 2.45. The maximum absolute atomic E-state index is 11.6. The second-order valence-corrected chi connectivity index (χ2v) is 5.54. The van der Waals surface area contributed by atoms with Crippen LogP contribution in [0.2, 0.25) is 0 Å². The molecule has 2 N–H and O–H groups in total. The fourth-order valence-electron chi connectivity index (χ4n) is 1.64. The highest BCUT2D eigenvalue weighted by molar-refractivity contribution is 7.86. The lowest BCUT2D eigenvalue weighted by Crippen LogP contribution is -2.34. The molecule has 1 aliphatic rings. The molecule has 0 spiro atoms. The molecule has 2 atom stereocenters. The smallest absolute Gasteiger partial charge is 0.264 e. The van der Waals surface area contributed by atoms with Crippen molar-refractivity contribution < 1.29 is 22.2 Å². The van der Waals surface area contributed by atoms with Crippen molar-refractivity contribution in [3.05, 3.63) is 0 Å². The van der Waals surface area contributed by atoms with Crippen LogP contribution in [0.25, 0.3) is 0 Å². The Morgan fingerprint density at radius 2 is 2.12 bits per heavy atom. The summed E-state index contributed by atoms with van der Waals surface area (Å²) in [6.07, 6.45) is 0.485. The van der Waals surface area contributed by atoms with Crippen LogP contribution in [0, 0.1) is 0 Å². The number of Topliss-reactive ketones (excluding diaryl/α,β-unsaturated/α-hetero) is 1. The van der Waals surface area contributed by atoms with E-state index >= 15 is 0 Å². The van der Waals surface area contributed by atoms with E-state index < -0.39 is 22.3 Å². The third kappa shape index (κ3) is 4.80. The van der Waals surface area contributed by atoms with Crippen molar-refractivity contribution in [1.29, 1.82) is 0 Å². The van der Waals surface area contributed by atoms with Gasteiger partial charge in [0, 0.05) is 13.6 Å². The molecule has 1 aliphatic heterocycles. The summed E-state index contributed by atoms with van der Waals surface area (Å²) in [5.41, 5.74) is 0. The summed E-state index contributed by atoms with van der Waals surface area (Å²) in [6.45, 7) is 0.289. The molecule has 0 aromatic heterocycles. The van der Waals surface area contributed by atoms with Gasteiger partial charge in [0.05, 0.1) is 24.8 Å². The highest BCUT2D eigenvalue weighted by atomic mass is 32.2. The Labute approximate surface area is 100 Å². The van der Waals surface area contributed by atoms with E-state index in [1.165, 1.54) is 7.05 Å². The highest BCUT2D eigenvalue weighted by Gasteiger charge is 2.32. The van der Waals surface area contributed by atoms with Crippen LogP contribution in [0.4, 0.5) is 0 Å². The topological polar surface area (TPSA) is 102 Å². The van der Waals surface area contributed by atoms with Gasteiger partial charge in [-0.1, -0.05) is 0 Å². The monoisotopic (exact) mass is 264 g/mol. The Hall–Kier alpha value is -0.990. The number of nitrogens with one attached hydrogen (secondary N) is 2. The summed E-state index contributed by atoms with van der Waals surface area (Å²) in [5, 5.41) is 5.19. The molecular formula is C9H16N2O5S. The first-order valence-corrected chi connectivity index (χ1v) is 6.98. The van der Waals surface area contributed by atoms with Crippen LogP contribution < -0.4 is 10.6 Å². The first-order chi connectivity index (χ1) is 7.81. The molecule has 0 radical (unpaired) electrons. The molecule has 0 saturated carbocycles. The van der Waals surface area contributed by atoms with Crippen LogP contribution >= 0.6 is 0 Å². The second kappa shape index (κ2) is 5.56. The maximum Gasteiger partial charge on any atom is 0.264 e. The number of amides is 1. The van der Waals surface area contributed by atoms with Gasteiger partial charge in [-0.05, 0) is 6.42 Å².